The Labute approximate surface area is 286 Å². The third-order valence-electron chi connectivity index (χ3n) is 7.20. The topological polar surface area (TPSA) is 111 Å². The molecule has 0 unspecified atom stereocenters. The Morgan fingerprint density at radius 3 is 2.19 bits per heavy atom. The van der Waals surface area contributed by atoms with Crippen LogP contribution in [0.1, 0.15) is 26.3 Å². The van der Waals surface area contributed by atoms with Gasteiger partial charge in [-0.3, -0.25) is 9.08 Å². The molecule has 0 atom stereocenters. The van der Waals surface area contributed by atoms with E-state index in [1.165, 1.54) is 28.4 Å². The number of aryl methyl sites for hydroxylation is 1. The summed E-state index contributed by atoms with van der Waals surface area (Å²) in [6.45, 7) is 7.50. The van der Waals surface area contributed by atoms with Crippen molar-refractivity contribution in [1.29, 1.82) is 0 Å². The van der Waals surface area contributed by atoms with Gasteiger partial charge in [0.2, 0.25) is 0 Å². The van der Waals surface area contributed by atoms with Gasteiger partial charge in [0.25, 0.3) is 10.1 Å². The highest BCUT2D eigenvalue weighted by Crippen LogP contribution is 2.34. The van der Waals surface area contributed by atoms with Crippen molar-refractivity contribution in [2.75, 3.05) is 50.3 Å². The van der Waals surface area contributed by atoms with Gasteiger partial charge in [0.1, 0.15) is 16.4 Å². The molecule has 0 saturated carbocycles. The van der Waals surface area contributed by atoms with Crippen LogP contribution in [-0.4, -0.2) is 70.5 Å². The highest BCUT2D eigenvalue weighted by Gasteiger charge is 2.24. The minimum atomic E-state index is -3.89. The predicted molar refractivity (Wildman–Crippen MR) is 191 cm³/mol. The first-order valence-electron chi connectivity index (χ1n) is 15.5. The average molecular weight is 689 g/mol. The second kappa shape index (κ2) is 14.8. The molecule has 10 nitrogen and oxygen atoms in total. The quantitative estimate of drug-likeness (QED) is 0.0968. The van der Waals surface area contributed by atoms with Gasteiger partial charge in [0.15, 0.2) is 0 Å². The van der Waals surface area contributed by atoms with Crippen LogP contribution < -0.4 is 9.80 Å². The molecule has 5 rings (SSSR count). The highest BCUT2D eigenvalue weighted by atomic mass is 32.2. The van der Waals surface area contributed by atoms with E-state index in [-0.39, 0.29) is 31.3 Å². The molecule has 0 aliphatic carbocycles. The predicted octanol–water partition coefficient (Wildman–Crippen LogP) is 7.56. The van der Waals surface area contributed by atoms with Crippen LogP contribution in [-0.2, 0) is 23.8 Å². The highest BCUT2D eigenvalue weighted by molar-refractivity contribution is 7.86. The molecule has 1 amide bonds. The number of thiazole rings is 1. The lowest BCUT2D eigenvalue weighted by molar-refractivity contribution is 0.0553. The summed E-state index contributed by atoms with van der Waals surface area (Å²) in [6.07, 6.45) is 1.35. The SMILES string of the molecule is Cc1ccc(S(=O)(=O)OCCOCCN(C(=O)OC(C)(C)C)c2ccc3nc(-c4ccc(-c5ccc(N(C)C)nc5)cc4)sc3c2)cc1. The zero-order chi connectivity index (χ0) is 34.5. The maximum absolute atomic E-state index is 13.3. The molecule has 48 heavy (non-hydrogen) atoms. The maximum Gasteiger partial charge on any atom is 0.414 e. The number of aromatic nitrogens is 2. The number of pyridine rings is 1. The smallest absolute Gasteiger partial charge is 0.414 e. The van der Waals surface area contributed by atoms with E-state index in [0.29, 0.717) is 5.69 Å². The lowest BCUT2D eigenvalue weighted by Gasteiger charge is -2.27. The first-order valence-corrected chi connectivity index (χ1v) is 17.7. The van der Waals surface area contributed by atoms with E-state index in [4.69, 9.17) is 18.6 Å². The fourth-order valence-corrected chi connectivity index (χ4v) is 6.60. The summed E-state index contributed by atoms with van der Waals surface area (Å²) in [5.74, 6) is 0.902. The fourth-order valence-electron chi connectivity index (χ4n) is 4.71. The molecule has 0 aliphatic rings. The molecule has 0 aliphatic heterocycles. The van der Waals surface area contributed by atoms with Crippen molar-refractivity contribution in [2.24, 2.45) is 0 Å². The molecule has 0 N–H and O–H groups in total. The first kappa shape index (κ1) is 35.0. The number of hydrogen-bond donors (Lipinski definition) is 0. The van der Waals surface area contributed by atoms with Gasteiger partial charge >= 0.3 is 6.09 Å². The van der Waals surface area contributed by atoms with E-state index in [1.54, 1.807) is 12.1 Å². The largest absolute Gasteiger partial charge is 0.443 e. The van der Waals surface area contributed by atoms with Crippen LogP contribution in [0.2, 0.25) is 0 Å². The van der Waals surface area contributed by atoms with Gasteiger partial charge in [0.05, 0.1) is 41.5 Å². The van der Waals surface area contributed by atoms with Crippen LogP contribution in [0.5, 0.6) is 0 Å². The Morgan fingerprint density at radius 1 is 0.854 bits per heavy atom. The molecule has 252 valence electrons. The van der Waals surface area contributed by atoms with Crippen LogP contribution in [0.3, 0.4) is 0 Å². The summed E-state index contributed by atoms with van der Waals surface area (Å²) < 4.78 is 42.3. The molecule has 2 heterocycles. The summed E-state index contributed by atoms with van der Waals surface area (Å²) in [6, 6.07) is 24.4. The number of ether oxygens (including phenoxy) is 2. The van der Waals surface area contributed by atoms with Gasteiger partial charge < -0.3 is 14.4 Å². The standard InChI is InChI=1S/C36H40N4O6S2/c1-25-7-15-30(16-8-25)48(42,43)45-22-21-44-20-19-40(35(41)46-36(2,3)4)29-14-17-31-32(23-29)47-34(38-31)27-11-9-26(10-12-27)28-13-18-33(37-24-28)39(5)6/h7-18,23-24H,19-22H2,1-6H3. The third kappa shape index (κ3) is 8.95. The number of anilines is 2. The fraction of sp³-hybridized carbons (Fsp3) is 0.306. The summed E-state index contributed by atoms with van der Waals surface area (Å²) in [5, 5.41) is 0.863. The van der Waals surface area contributed by atoms with Crippen molar-refractivity contribution in [2.45, 2.75) is 38.2 Å². The van der Waals surface area contributed by atoms with Crippen molar-refractivity contribution in [3.8, 4) is 21.7 Å². The molecular formula is C36H40N4O6S2. The summed E-state index contributed by atoms with van der Waals surface area (Å²) >= 11 is 1.54. The molecule has 2 aromatic heterocycles. The Bertz CT molecular complexity index is 1950. The monoisotopic (exact) mass is 688 g/mol. The zero-order valence-electron chi connectivity index (χ0n) is 28.0. The van der Waals surface area contributed by atoms with Gasteiger partial charge in [0, 0.05) is 37.1 Å². The van der Waals surface area contributed by atoms with Crippen LogP contribution in [0.25, 0.3) is 31.9 Å². The number of carbonyl (C=O) groups is 1. The van der Waals surface area contributed by atoms with Crippen LogP contribution in [0.15, 0.2) is 90.0 Å². The van der Waals surface area contributed by atoms with Crippen LogP contribution in [0.4, 0.5) is 16.3 Å². The van der Waals surface area contributed by atoms with Crippen molar-refractivity contribution in [3.05, 3.63) is 90.6 Å². The Morgan fingerprint density at radius 2 is 1.54 bits per heavy atom. The van der Waals surface area contributed by atoms with E-state index in [2.05, 4.69) is 23.2 Å². The summed E-state index contributed by atoms with van der Waals surface area (Å²) in [5.41, 5.74) is 4.79. The van der Waals surface area contributed by atoms with E-state index >= 15 is 0 Å². The minimum Gasteiger partial charge on any atom is -0.443 e. The molecule has 3 aromatic carbocycles. The minimum absolute atomic E-state index is 0.0290. The second-order valence-corrected chi connectivity index (χ2v) is 15.0. The van der Waals surface area contributed by atoms with Crippen molar-refractivity contribution in [1.82, 2.24) is 9.97 Å². The molecular weight excluding hydrogens is 649 g/mol. The number of amides is 1. The lowest BCUT2D eigenvalue weighted by Crippen LogP contribution is -2.39. The number of benzene rings is 3. The number of hydrogen-bond acceptors (Lipinski definition) is 10. The van der Waals surface area contributed by atoms with Gasteiger partial charge in [-0.25, -0.2) is 14.8 Å². The number of nitrogens with zero attached hydrogens (tertiary/aromatic N) is 4. The van der Waals surface area contributed by atoms with E-state index in [1.807, 2.05) is 89.3 Å². The van der Waals surface area contributed by atoms with Crippen molar-refractivity contribution >= 4 is 49.3 Å². The summed E-state index contributed by atoms with van der Waals surface area (Å²) in [4.78, 5) is 26.2. The second-order valence-electron chi connectivity index (χ2n) is 12.4. The Hall–Kier alpha value is -4.36. The average Bonchev–Trinajstić information content (AvgIpc) is 3.47. The number of carbonyl (C=O) groups excluding carboxylic acids is 1. The lowest BCUT2D eigenvalue weighted by atomic mass is 10.1. The zero-order valence-corrected chi connectivity index (χ0v) is 29.6. The molecule has 0 fully saturated rings. The summed E-state index contributed by atoms with van der Waals surface area (Å²) in [7, 11) is 0.0386. The van der Waals surface area contributed by atoms with Gasteiger partial charge in [-0.2, -0.15) is 8.42 Å². The number of rotatable bonds is 12. The number of fused-ring (bicyclic) bond motifs is 1. The molecule has 0 radical (unpaired) electrons. The van der Waals surface area contributed by atoms with E-state index in [9.17, 15) is 13.2 Å². The molecule has 5 aromatic rings. The molecule has 0 spiro atoms. The van der Waals surface area contributed by atoms with Crippen LogP contribution >= 0.6 is 11.3 Å². The van der Waals surface area contributed by atoms with Crippen LogP contribution in [0, 0.1) is 6.92 Å². The van der Waals surface area contributed by atoms with Gasteiger partial charge in [-0.15, -0.1) is 11.3 Å². The van der Waals surface area contributed by atoms with E-state index in [0.717, 1.165) is 43.3 Å². The third-order valence-corrected chi connectivity index (χ3v) is 9.60. The Balaban J connectivity index is 1.25. The van der Waals surface area contributed by atoms with E-state index < -0.39 is 21.8 Å². The molecule has 12 heteroatoms. The van der Waals surface area contributed by atoms with Crippen molar-refractivity contribution < 1.29 is 26.9 Å². The maximum atomic E-state index is 13.3. The molecule has 0 bridgehead atoms. The van der Waals surface area contributed by atoms with Gasteiger partial charge in [-0.1, -0.05) is 42.0 Å². The molecule has 0 saturated heterocycles. The normalized spacial score (nSPS) is 11.9. The van der Waals surface area contributed by atoms with Gasteiger partial charge in [-0.05, 0) is 75.7 Å². The first-order chi connectivity index (χ1) is 22.8. The Kier molecular flexibility index (Phi) is 10.8. The van der Waals surface area contributed by atoms with Crippen molar-refractivity contribution in [3.63, 3.8) is 0 Å².